The van der Waals surface area contributed by atoms with Gasteiger partial charge >= 0.3 is 33.0 Å². The second kappa shape index (κ2) is 12.7. The van der Waals surface area contributed by atoms with Crippen molar-refractivity contribution in [1.29, 1.82) is 0 Å². The fraction of sp³-hybridized carbons (Fsp3) is 0.0714. The predicted molar refractivity (Wildman–Crippen MR) is 143 cm³/mol. The van der Waals surface area contributed by atoms with Gasteiger partial charge in [-0.2, -0.15) is 0 Å². The van der Waals surface area contributed by atoms with E-state index in [2.05, 4.69) is 0 Å². The maximum absolute atomic E-state index is 10.7. The predicted octanol–water partition coefficient (Wildman–Crippen LogP) is 9.50. The van der Waals surface area contributed by atoms with Gasteiger partial charge in [0.05, 0.1) is 0 Å². The summed E-state index contributed by atoms with van der Waals surface area (Å²) in [7, 11) is -10.7. The molecule has 0 heterocycles. The van der Waals surface area contributed by atoms with Crippen molar-refractivity contribution >= 4 is 20.2 Å². The van der Waals surface area contributed by atoms with Crippen molar-refractivity contribution in [3.63, 3.8) is 0 Å². The van der Waals surface area contributed by atoms with E-state index in [1.54, 1.807) is 36.7 Å². The van der Waals surface area contributed by atoms with Crippen molar-refractivity contribution in [3.05, 3.63) is 131 Å². The van der Waals surface area contributed by atoms with Crippen molar-refractivity contribution in [2.75, 3.05) is 0 Å². The summed E-state index contributed by atoms with van der Waals surface area (Å²) in [4.78, 5) is 9.75. The molecule has 0 aliphatic heterocycles. The first kappa shape index (κ1) is 32.6. The minimum absolute atomic E-state index is 0. The van der Waals surface area contributed by atoms with E-state index in [4.69, 9.17) is 9.98 Å². The fourth-order valence-electron chi connectivity index (χ4n) is 3.51. The molecular formula is C28H24F6MnN2O2P-. The maximum atomic E-state index is 10.2. The normalized spacial score (nSPS) is 14.8. The zero-order valence-electron chi connectivity index (χ0n) is 20.6. The molecule has 0 fully saturated rings. The van der Waals surface area contributed by atoms with Crippen LogP contribution >= 0.6 is 7.81 Å². The van der Waals surface area contributed by atoms with Gasteiger partial charge in [0, 0.05) is 40.6 Å². The van der Waals surface area contributed by atoms with E-state index in [0.29, 0.717) is 11.1 Å². The third-order valence-corrected chi connectivity index (χ3v) is 5.20. The van der Waals surface area contributed by atoms with Crippen molar-refractivity contribution in [2.45, 2.75) is 12.1 Å². The molecule has 0 aromatic heterocycles. The molecule has 0 bridgehead atoms. The summed E-state index contributed by atoms with van der Waals surface area (Å²) >= 11 is 0. The van der Waals surface area contributed by atoms with Crippen molar-refractivity contribution < 1.29 is 52.5 Å². The van der Waals surface area contributed by atoms with Gasteiger partial charge in [-0.1, -0.05) is 84.9 Å². The quantitative estimate of drug-likeness (QED) is 0.0936. The Morgan fingerprint density at radius 3 is 1.07 bits per heavy atom. The van der Waals surface area contributed by atoms with Crippen LogP contribution in [0.1, 0.15) is 34.3 Å². The molecule has 0 saturated carbocycles. The average molecular weight is 620 g/mol. The number of halogens is 6. The van der Waals surface area contributed by atoms with E-state index in [9.17, 15) is 35.4 Å². The van der Waals surface area contributed by atoms with Crippen LogP contribution < -0.4 is 0 Å². The largest absolute Gasteiger partial charge is 0.507 e. The molecule has 0 aliphatic carbocycles. The van der Waals surface area contributed by atoms with E-state index < -0.39 is 7.81 Å². The van der Waals surface area contributed by atoms with Gasteiger partial charge in [-0.3, -0.25) is 9.98 Å². The Bertz CT molecular complexity index is 1330. The van der Waals surface area contributed by atoms with Crippen LogP contribution in [0.5, 0.6) is 11.5 Å². The molecule has 4 rings (SSSR count). The van der Waals surface area contributed by atoms with Crippen LogP contribution in [0.3, 0.4) is 0 Å². The minimum atomic E-state index is -10.7. The Morgan fingerprint density at radius 1 is 0.500 bits per heavy atom. The van der Waals surface area contributed by atoms with E-state index in [1.165, 1.54) is 0 Å². The van der Waals surface area contributed by atoms with Gasteiger partial charge < -0.3 is 10.2 Å². The third kappa shape index (κ3) is 12.0. The number of hydrogen-bond acceptors (Lipinski definition) is 4. The number of phenols is 2. The van der Waals surface area contributed by atoms with Gasteiger partial charge in [-0.05, 0) is 35.4 Å². The molecule has 4 aromatic rings. The van der Waals surface area contributed by atoms with Gasteiger partial charge in [0.25, 0.3) is 0 Å². The molecule has 213 valence electrons. The summed E-state index contributed by atoms with van der Waals surface area (Å²) in [6.45, 7) is 0. The van der Waals surface area contributed by atoms with Crippen LogP contribution in [0.4, 0.5) is 25.2 Å². The van der Waals surface area contributed by atoms with Crippen LogP contribution in [0.15, 0.2) is 119 Å². The van der Waals surface area contributed by atoms with Crippen molar-refractivity contribution in [3.8, 4) is 11.5 Å². The number of nitrogens with zero attached hydrogens (tertiary/aromatic N) is 2. The minimum Gasteiger partial charge on any atom is -0.507 e. The smallest absolute Gasteiger partial charge is 0.124 e. The molecular weight excluding hydrogens is 596 g/mol. The molecule has 0 unspecified atom stereocenters. The van der Waals surface area contributed by atoms with Crippen LogP contribution in [-0.2, 0) is 17.1 Å². The molecule has 0 spiro atoms. The Kier molecular flexibility index (Phi) is 10.3. The van der Waals surface area contributed by atoms with Crippen LogP contribution in [0.2, 0.25) is 0 Å². The first-order valence-corrected chi connectivity index (χ1v) is 13.5. The summed E-state index contributed by atoms with van der Waals surface area (Å²) < 4.78 is 59.2. The third-order valence-electron chi connectivity index (χ3n) is 5.20. The maximum Gasteiger partial charge on any atom is 0.124 e. The number of aromatic hydroxyl groups is 2. The number of hydrogen-bond donors (Lipinski definition) is 2. The van der Waals surface area contributed by atoms with Gasteiger partial charge in [-0.15, -0.1) is 0 Å². The number of benzene rings is 4. The summed E-state index contributed by atoms with van der Waals surface area (Å²) in [6, 6.07) is 33.5. The second-order valence-electron chi connectivity index (χ2n) is 8.34. The first-order chi connectivity index (χ1) is 18.2. The summed E-state index contributed by atoms with van der Waals surface area (Å²) in [6.07, 6.45) is 3.39. The van der Waals surface area contributed by atoms with E-state index in [-0.39, 0.29) is 40.7 Å². The molecule has 2 atom stereocenters. The number of phenolic OH excluding ortho intramolecular Hbond substituents is 2. The first-order valence-electron chi connectivity index (χ1n) is 11.5. The number of rotatable bonds is 7. The van der Waals surface area contributed by atoms with E-state index in [1.807, 2.05) is 84.9 Å². The van der Waals surface area contributed by atoms with Gasteiger partial charge in [-0.25, -0.2) is 0 Å². The zero-order valence-corrected chi connectivity index (χ0v) is 22.7. The summed E-state index contributed by atoms with van der Waals surface area (Å²) in [5.74, 6) is 0.356. The Morgan fingerprint density at radius 2 is 0.775 bits per heavy atom. The zero-order chi connectivity index (χ0) is 28.6. The van der Waals surface area contributed by atoms with E-state index in [0.717, 1.165) is 11.1 Å². The van der Waals surface area contributed by atoms with Gasteiger partial charge in [0.2, 0.25) is 0 Å². The van der Waals surface area contributed by atoms with Gasteiger partial charge in [0.1, 0.15) is 23.6 Å². The molecule has 2 N–H and O–H groups in total. The standard InChI is InChI=1S/C28H24N2O2.F6P.Mn/c31-25-17-9-7-15-23(25)19-29-27(21-11-3-1-4-12-21)28(22-13-5-2-6-14-22)30-20-24-16-8-10-18-26(24)32;1-7(2,3,4,5)6;/h1-20,27-28,31-32H;;/q;-1;/t27-,28-;;/m1../s1. The van der Waals surface area contributed by atoms with Crippen molar-refractivity contribution in [2.24, 2.45) is 9.98 Å². The molecule has 12 heteroatoms. The molecule has 0 aliphatic rings. The van der Waals surface area contributed by atoms with Crippen LogP contribution in [0.25, 0.3) is 0 Å². The number of para-hydroxylation sites is 2. The topological polar surface area (TPSA) is 65.2 Å². The molecule has 4 nitrogen and oxygen atoms in total. The fourth-order valence-corrected chi connectivity index (χ4v) is 3.51. The Balaban J connectivity index is 0.000000623. The monoisotopic (exact) mass is 620 g/mol. The Labute approximate surface area is 237 Å². The molecule has 0 saturated heterocycles. The van der Waals surface area contributed by atoms with Gasteiger partial charge in [0.15, 0.2) is 0 Å². The van der Waals surface area contributed by atoms with Crippen molar-refractivity contribution in [1.82, 2.24) is 0 Å². The van der Waals surface area contributed by atoms with E-state index >= 15 is 0 Å². The Hall–Kier alpha value is -3.65. The van der Waals surface area contributed by atoms with Crippen LogP contribution in [-0.4, -0.2) is 22.6 Å². The molecule has 0 amide bonds. The number of aliphatic imine (C=N–C) groups is 2. The second-order valence-corrected chi connectivity index (χ2v) is 10.3. The molecule has 40 heavy (non-hydrogen) atoms. The molecule has 4 aromatic carbocycles. The summed E-state index contributed by atoms with van der Waals surface area (Å²) in [5.41, 5.74) is 3.29. The average Bonchev–Trinajstić information content (AvgIpc) is 2.87. The summed E-state index contributed by atoms with van der Waals surface area (Å²) in [5, 5.41) is 20.4. The SMILES string of the molecule is F[P-](F)(F)(F)(F)F.Oc1ccccc1C=N[C@H](c1ccccc1)[C@H](N=Cc1ccccc1O)c1ccccc1.[Mn]. The molecule has 1 radical (unpaired) electrons. The van der Waals surface area contributed by atoms with Crippen LogP contribution in [0, 0.1) is 0 Å².